The molecule has 0 radical (unpaired) electrons. The molecule has 108 valence electrons. The molecule has 0 saturated heterocycles. The van der Waals surface area contributed by atoms with E-state index in [0.29, 0.717) is 0 Å². The average Bonchev–Trinajstić information content (AvgIpc) is 2.34. The van der Waals surface area contributed by atoms with Crippen molar-refractivity contribution in [2.45, 2.75) is 19.9 Å². The molecule has 1 unspecified atom stereocenters. The van der Waals surface area contributed by atoms with E-state index in [2.05, 4.69) is 5.32 Å². The summed E-state index contributed by atoms with van der Waals surface area (Å²) < 4.78 is 0. The smallest absolute Gasteiger partial charge is 0.282 e. The summed E-state index contributed by atoms with van der Waals surface area (Å²) in [6, 6.07) is 2.12. The maximum absolute atomic E-state index is 12.0. The Morgan fingerprint density at radius 1 is 1.40 bits per heavy atom. The standard InChI is InChI=1S/C12H15N3O5/c1-6(2)10(11(13)17)14-12(18)8-5-7(16)3-4-9(8)15(19)20/h3-6,10,16H,1-2H3,(H2,13,17)(H,14,18). The number of nitrogens with zero attached hydrogens (tertiary/aromatic N) is 1. The summed E-state index contributed by atoms with van der Waals surface area (Å²) in [6.45, 7) is 3.35. The Morgan fingerprint density at radius 2 is 2.00 bits per heavy atom. The molecular formula is C12H15N3O5. The van der Waals surface area contributed by atoms with E-state index in [9.17, 15) is 24.8 Å². The second-order valence-electron chi connectivity index (χ2n) is 4.56. The lowest BCUT2D eigenvalue weighted by atomic mass is 10.0. The van der Waals surface area contributed by atoms with E-state index >= 15 is 0 Å². The highest BCUT2D eigenvalue weighted by Gasteiger charge is 2.26. The molecule has 2 amide bonds. The van der Waals surface area contributed by atoms with Gasteiger partial charge in [0.05, 0.1) is 4.92 Å². The largest absolute Gasteiger partial charge is 0.508 e. The Bertz CT molecular complexity index is 556. The number of carbonyl (C=O) groups is 2. The fraction of sp³-hybridized carbons (Fsp3) is 0.333. The van der Waals surface area contributed by atoms with Crippen molar-refractivity contribution in [1.82, 2.24) is 5.32 Å². The summed E-state index contributed by atoms with van der Waals surface area (Å²) in [7, 11) is 0. The van der Waals surface area contributed by atoms with Crippen LogP contribution in [-0.2, 0) is 4.79 Å². The van der Waals surface area contributed by atoms with E-state index < -0.39 is 28.5 Å². The first-order valence-electron chi connectivity index (χ1n) is 5.81. The highest BCUT2D eigenvalue weighted by atomic mass is 16.6. The number of rotatable bonds is 5. The van der Waals surface area contributed by atoms with Crippen LogP contribution >= 0.6 is 0 Å². The molecule has 8 nitrogen and oxygen atoms in total. The Labute approximate surface area is 114 Å². The van der Waals surface area contributed by atoms with Crippen LogP contribution in [0.1, 0.15) is 24.2 Å². The predicted molar refractivity (Wildman–Crippen MR) is 70.0 cm³/mol. The normalized spacial score (nSPS) is 11.9. The second kappa shape index (κ2) is 6.00. The van der Waals surface area contributed by atoms with Crippen molar-refractivity contribution in [3.05, 3.63) is 33.9 Å². The van der Waals surface area contributed by atoms with Gasteiger partial charge in [-0.15, -0.1) is 0 Å². The molecule has 4 N–H and O–H groups in total. The first-order valence-corrected chi connectivity index (χ1v) is 5.81. The summed E-state index contributed by atoms with van der Waals surface area (Å²) in [5.74, 6) is -2.14. The number of phenols is 1. The molecule has 1 atom stereocenters. The van der Waals surface area contributed by atoms with Gasteiger partial charge in [-0.2, -0.15) is 0 Å². The van der Waals surface area contributed by atoms with Gasteiger partial charge in [-0.05, 0) is 18.1 Å². The summed E-state index contributed by atoms with van der Waals surface area (Å²) >= 11 is 0. The molecule has 0 aliphatic carbocycles. The molecule has 0 aliphatic rings. The number of aromatic hydroxyl groups is 1. The lowest BCUT2D eigenvalue weighted by Gasteiger charge is -2.18. The zero-order valence-corrected chi connectivity index (χ0v) is 11.0. The number of phenolic OH excluding ortho intramolecular Hbond substituents is 1. The van der Waals surface area contributed by atoms with Crippen LogP contribution in [0.5, 0.6) is 5.75 Å². The van der Waals surface area contributed by atoms with Crippen molar-refractivity contribution in [2.75, 3.05) is 0 Å². The molecule has 1 aromatic rings. The Hall–Kier alpha value is -2.64. The number of nitrogens with two attached hydrogens (primary N) is 1. The minimum Gasteiger partial charge on any atom is -0.508 e. The fourth-order valence-electron chi connectivity index (χ4n) is 1.65. The molecule has 0 aromatic heterocycles. The Balaban J connectivity index is 3.11. The van der Waals surface area contributed by atoms with Gasteiger partial charge in [-0.25, -0.2) is 0 Å². The first-order chi connectivity index (χ1) is 9.23. The maximum atomic E-state index is 12.0. The molecule has 0 fully saturated rings. The molecule has 1 rings (SSSR count). The number of hydrogen-bond acceptors (Lipinski definition) is 5. The quantitative estimate of drug-likeness (QED) is 0.534. The lowest BCUT2D eigenvalue weighted by Crippen LogP contribution is -2.47. The zero-order chi connectivity index (χ0) is 15.4. The summed E-state index contributed by atoms with van der Waals surface area (Å²) in [5, 5.41) is 22.5. The van der Waals surface area contributed by atoms with Crippen LogP contribution in [0, 0.1) is 16.0 Å². The molecule has 20 heavy (non-hydrogen) atoms. The molecule has 0 heterocycles. The SMILES string of the molecule is CC(C)C(NC(=O)c1cc(O)ccc1[N+](=O)[O-])C(N)=O. The molecule has 0 bridgehead atoms. The van der Waals surface area contributed by atoms with Gasteiger partial charge in [0.2, 0.25) is 5.91 Å². The van der Waals surface area contributed by atoms with Crippen LogP contribution in [0.25, 0.3) is 0 Å². The first kappa shape index (κ1) is 15.4. The summed E-state index contributed by atoms with van der Waals surface area (Å²) in [6.07, 6.45) is 0. The lowest BCUT2D eigenvalue weighted by molar-refractivity contribution is -0.385. The predicted octanol–water partition coefficient (Wildman–Crippen LogP) is 0.540. The molecule has 0 spiro atoms. The average molecular weight is 281 g/mol. The minimum atomic E-state index is -0.954. The second-order valence-corrected chi connectivity index (χ2v) is 4.56. The van der Waals surface area contributed by atoms with Crippen molar-refractivity contribution in [1.29, 1.82) is 0 Å². The number of amides is 2. The van der Waals surface area contributed by atoms with E-state index in [4.69, 9.17) is 5.73 Å². The number of primary amides is 1. The molecule has 0 aliphatic heterocycles. The maximum Gasteiger partial charge on any atom is 0.282 e. The number of nitro groups is 1. The Kier molecular flexibility index (Phi) is 4.63. The number of nitro benzene ring substituents is 1. The third-order valence-electron chi connectivity index (χ3n) is 2.68. The summed E-state index contributed by atoms with van der Waals surface area (Å²) in [4.78, 5) is 33.3. The molecular weight excluding hydrogens is 266 g/mol. The number of benzene rings is 1. The molecule has 1 aromatic carbocycles. The van der Waals surface area contributed by atoms with Crippen molar-refractivity contribution in [3.63, 3.8) is 0 Å². The van der Waals surface area contributed by atoms with Gasteiger partial charge >= 0.3 is 0 Å². The third kappa shape index (κ3) is 3.44. The van der Waals surface area contributed by atoms with E-state index in [1.165, 1.54) is 0 Å². The number of hydrogen-bond donors (Lipinski definition) is 3. The van der Waals surface area contributed by atoms with Crippen LogP contribution in [-0.4, -0.2) is 27.9 Å². The highest BCUT2D eigenvalue weighted by Crippen LogP contribution is 2.23. The van der Waals surface area contributed by atoms with Gasteiger partial charge in [-0.1, -0.05) is 13.8 Å². The van der Waals surface area contributed by atoms with Crippen LogP contribution in [0.3, 0.4) is 0 Å². The van der Waals surface area contributed by atoms with Gasteiger partial charge in [0.1, 0.15) is 17.4 Å². The van der Waals surface area contributed by atoms with Gasteiger partial charge in [0.15, 0.2) is 0 Å². The van der Waals surface area contributed by atoms with Crippen molar-refractivity contribution in [2.24, 2.45) is 11.7 Å². The molecule has 0 saturated carbocycles. The van der Waals surface area contributed by atoms with Gasteiger partial charge in [0.25, 0.3) is 11.6 Å². The third-order valence-corrected chi connectivity index (χ3v) is 2.68. The summed E-state index contributed by atoms with van der Waals surface area (Å²) in [5.41, 5.74) is 4.36. The topological polar surface area (TPSA) is 136 Å². The van der Waals surface area contributed by atoms with Crippen molar-refractivity contribution < 1.29 is 19.6 Å². The van der Waals surface area contributed by atoms with E-state index in [1.807, 2.05) is 0 Å². The van der Waals surface area contributed by atoms with Crippen LogP contribution in [0.2, 0.25) is 0 Å². The van der Waals surface area contributed by atoms with Crippen LogP contribution < -0.4 is 11.1 Å². The molecule has 8 heteroatoms. The Morgan fingerprint density at radius 3 is 2.45 bits per heavy atom. The van der Waals surface area contributed by atoms with Crippen LogP contribution in [0.4, 0.5) is 5.69 Å². The van der Waals surface area contributed by atoms with E-state index in [-0.39, 0.29) is 17.2 Å². The zero-order valence-electron chi connectivity index (χ0n) is 11.0. The van der Waals surface area contributed by atoms with E-state index in [0.717, 1.165) is 18.2 Å². The van der Waals surface area contributed by atoms with Crippen molar-refractivity contribution >= 4 is 17.5 Å². The monoisotopic (exact) mass is 281 g/mol. The van der Waals surface area contributed by atoms with Crippen LogP contribution in [0.15, 0.2) is 18.2 Å². The highest BCUT2D eigenvalue weighted by molar-refractivity contribution is 6.00. The van der Waals surface area contributed by atoms with E-state index in [1.54, 1.807) is 13.8 Å². The minimum absolute atomic E-state index is 0.271. The fourth-order valence-corrected chi connectivity index (χ4v) is 1.65. The van der Waals surface area contributed by atoms with Gasteiger partial charge in [-0.3, -0.25) is 19.7 Å². The van der Waals surface area contributed by atoms with Gasteiger partial charge in [0, 0.05) is 6.07 Å². The van der Waals surface area contributed by atoms with Crippen molar-refractivity contribution in [3.8, 4) is 5.75 Å². The number of nitrogens with one attached hydrogen (secondary N) is 1. The van der Waals surface area contributed by atoms with Gasteiger partial charge < -0.3 is 16.2 Å². The number of carbonyl (C=O) groups excluding carboxylic acids is 2.